The summed E-state index contributed by atoms with van der Waals surface area (Å²) in [5.74, 6) is -0.469. The monoisotopic (exact) mass is 277 g/mol. The van der Waals surface area contributed by atoms with Gasteiger partial charge in [0, 0.05) is 12.8 Å². The van der Waals surface area contributed by atoms with Gasteiger partial charge < -0.3 is 10.0 Å². The van der Waals surface area contributed by atoms with E-state index in [-0.39, 0.29) is 11.7 Å². The van der Waals surface area contributed by atoms with Gasteiger partial charge in [-0.15, -0.1) is 0 Å². The fourth-order valence-corrected chi connectivity index (χ4v) is 3.20. The fraction of sp³-hybridized carbons (Fsp3) is 0.917. The summed E-state index contributed by atoms with van der Waals surface area (Å²) in [7, 11) is -2.92. The summed E-state index contributed by atoms with van der Waals surface area (Å²) in [6, 6.07) is 0. The molecule has 1 fully saturated rings. The van der Waals surface area contributed by atoms with Gasteiger partial charge in [0.2, 0.25) is 0 Å². The number of carbonyl (C=O) groups is 1. The Morgan fingerprint density at radius 3 is 2.44 bits per heavy atom. The quantitative estimate of drug-likeness (QED) is 0.779. The van der Waals surface area contributed by atoms with Crippen LogP contribution in [0.2, 0.25) is 0 Å². The van der Waals surface area contributed by atoms with E-state index in [2.05, 4.69) is 4.90 Å². The molecule has 0 bridgehead atoms. The summed E-state index contributed by atoms with van der Waals surface area (Å²) in [5, 5.41) is 9.38. The Bertz CT molecular complexity index is 404. The number of sulfone groups is 1. The van der Waals surface area contributed by atoms with Crippen LogP contribution in [0.1, 0.15) is 26.7 Å². The molecule has 1 N–H and O–H groups in total. The van der Waals surface area contributed by atoms with E-state index in [1.54, 1.807) is 0 Å². The molecular weight excluding hydrogens is 254 g/mol. The molecule has 1 heterocycles. The van der Waals surface area contributed by atoms with Crippen molar-refractivity contribution in [2.24, 2.45) is 11.3 Å². The number of likely N-dealkylation sites (tertiary alicyclic amines) is 1. The number of hydrogen-bond donors (Lipinski definition) is 1. The number of aliphatic carboxylic acids is 1. The molecule has 1 rings (SSSR count). The highest BCUT2D eigenvalue weighted by Gasteiger charge is 2.46. The van der Waals surface area contributed by atoms with Gasteiger partial charge >= 0.3 is 5.97 Å². The lowest BCUT2D eigenvalue weighted by atomic mass is 9.76. The number of carboxylic acids is 1. The van der Waals surface area contributed by atoms with Crippen LogP contribution >= 0.6 is 0 Å². The predicted octanol–water partition coefficient (Wildman–Crippen LogP) is 0.854. The maximum atomic E-state index is 11.4. The normalized spacial score (nSPS) is 25.8. The third kappa shape index (κ3) is 3.68. The minimum Gasteiger partial charge on any atom is -0.481 e. The minimum atomic E-state index is -2.92. The van der Waals surface area contributed by atoms with E-state index in [0.717, 1.165) is 6.54 Å². The number of hydrogen-bond acceptors (Lipinski definition) is 4. The smallest absolute Gasteiger partial charge is 0.311 e. The molecule has 0 spiro atoms. The van der Waals surface area contributed by atoms with Gasteiger partial charge in [-0.05, 0) is 31.8 Å². The Kier molecular flexibility index (Phi) is 4.78. The van der Waals surface area contributed by atoms with Gasteiger partial charge in [-0.1, -0.05) is 13.8 Å². The Balaban J connectivity index is 2.52. The first-order valence-electron chi connectivity index (χ1n) is 6.31. The van der Waals surface area contributed by atoms with Crippen molar-refractivity contribution in [2.75, 3.05) is 31.6 Å². The summed E-state index contributed by atoms with van der Waals surface area (Å²) < 4.78 is 22.1. The first kappa shape index (κ1) is 15.4. The van der Waals surface area contributed by atoms with Crippen molar-refractivity contribution < 1.29 is 18.3 Å². The lowest BCUT2D eigenvalue weighted by Crippen LogP contribution is -2.39. The molecule has 1 saturated heterocycles. The third-order valence-corrected chi connectivity index (χ3v) is 4.93. The first-order chi connectivity index (χ1) is 8.17. The maximum Gasteiger partial charge on any atom is 0.311 e. The highest BCUT2D eigenvalue weighted by atomic mass is 32.2. The molecule has 106 valence electrons. The Hall–Kier alpha value is -0.620. The van der Waals surface area contributed by atoms with Crippen molar-refractivity contribution in [1.82, 2.24) is 4.90 Å². The van der Waals surface area contributed by atoms with Crippen LogP contribution in [0.15, 0.2) is 0 Å². The first-order valence-corrected chi connectivity index (χ1v) is 8.37. The molecule has 0 saturated carbocycles. The predicted molar refractivity (Wildman–Crippen MR) is 70.3 cm³/mol. The zero-order valence-electron chi connectivity index (χ0n) is 11.3. The van der Waals surface area contributed by atoms with Crippen LogP contribution in [0.25, 0.3) is 0 Å². The molecule has 0 aromatic heterocycles. The molecule has 1 aliphatic heterocycles. The molecule has 1 aliphatic rings. The largest absolute Gasteiger partial charge is 0.481 e. The Morgan fingerprint density at radius 2 is 2.06 bits per heavy atom. The highest BCUT2D eigenvalue weighted by Crippen LogP contribution is 2.38. The van der Waals surface area contributed by atoms with Gasteiger partial charge in [0.15, 0.2) is 0 Å². The summed E-state index contributed by atoms with van der Waals surface area (Å²) in [4.78, 5) is 13.5. The second-order valence-corrected chi connectivity index (χ2v) is 7.89. The van der Waals surface area contributed by atoms with Gasteiger partial charge in [0.1, 0.15) is 9.84 Å². The number of carboxylic acid groups (broad SMARTS) is 1. The summed E-state index contributed by atoms with van der Waals surface area (Å²) in [5.41, 5.74) is -0.662. The van der Waals surface area contributed by atoms with Gasteiger partial charge in [-0.2, -0.15) is 0 Å². The zero-order chi connectivity index (χ0) is 14.0. The van der Waals surface area contributed by atoms with Crippen molar-refractivity contribution >= 4 is 15.8 Å². The molecule has 0 radical (unpaired) electrons. The molecule has 5 nitrogen and oxygen atoms in total. The summed E-state index contributed by atoms with van der Waals surface area (Å²) in [6.07, 6.45) is 2.46. The zero-order valence-corrected chi connectivity index (χ0v) is 12.2. The molecular formula is C12H23NO4S. The van der Waals surface area contributed by atoms with E-state index in [9.17, 15) is 18.3 Å². The average molecular weight is 277 g/mol. The van der Waals surface area contributed by atoms with E-state index in [1.165, 1.54) is 6.26 Å². The van der Waals surface area contributed by atoms with Crippen LogP contribution < -0.4 is 0 Å². The summed E-state index contributed by atoms with van der Waals surface area (Å²) >= 11 is 0. The van der Waals surface area contributed by atoms with Crippen molar-refractivity contribution in [3.8, 4) is 0 Å². The van der Waals surface area contributed by atoms with Crippen molar-refractivity contribution in [1.29, 1.82) is 0 Å². The van der Waals surface area contributed by atoms with Crippen LogP contribution in [0.4, 0.5) is 0 Å². The van der Waals surface area contributed by atoms with Crippen LogP contribution in [-0.2, 0) is 14.6 Å². The third-order valence-electron chi connectivity index (χ3n) is 3.90. The molecule has 1 atom stereocenters. The van der Waals surface area contributed by atoms with E-state index < -0.39 is 21.2 Å². The van der Waals surface area contributed by atoms with Gasteiger partial charge in [-0.25, -0.2) is 8.42 Å². The van der Waals surface area contributed by atoms with Gasteiger partial charge in [0.05, 0.1) is 11.2 Å². The van der Waals surface area contributed by atoms with E-state index in [0.29, 0.717) is 25.9 Å². The molecule has 0 aromatic carbocycles. The van der Waals surface area contributed by atoms with E-state index in [1.807, 2.05) is 13.8 Å². The van der Waals surface area contributed by atoms with Crippen molar-refractivity contribution in [3.63, 3.8) is 0 Å². The Morgan fingerprint density at radius 1 is 1.44 bits per heavy atom. The van der Waals surface area contributed by atoms with Crippen molar-refractivity contribution in [2.45, 2.75) is 26.7 Å². The highest BCUT2D eigenvalue weighted by molar-refractivity contribution is 7.90. The lowest BCUT2D eigenvalue weighted by Gasteiger charge is -2.28. The lowest BCUT2D eigenvalue weighted by molar-refractivity contribution is -0.151. The van der Waals surface area contributed by atoms with E-state index in [4.69, 9.17) is 0 Å². The Labute approximate surface area is 109 Å². The standard InChI is InChI=1S/C12H23NO4S/c1-10(2)12(11(14)15)5-7-13(9-12)6-4-8-18(3,16)17/h10H,4-9H2,1-3H3,(H,14,15). The average Bonchev–Trinajstić information content (AvgIpc) is 2.61. The van der Waals surface area contributed by atoms with E-state index >= 15 is 0 Å². The molecule has 1 unspecified atom stereocenters. The SMILES string of the molecule is CC(C)C1(C(=O)O)CCN(CCCS(C)(=O)=O)C1. The molecule has 0 aliphatic carbocycles. The van der Waals surface area contributed by atoms with Crippen LogP contribution in [0, 0.1) is 11.3 Å². The molecule has 0 aromatic rings. The topological polar surface area (TPSA) is 74.7 Å². The maximum absolute atomic E-state index is 11.4. The van der Waals surface area contributed by atoms with Crippen LogP contribution in [0.5, 0.6) is 0 Å². The molecule has 6 heteroatoms. The second-order valence-electron chi connectivity index (χ2n) is 5.63. The molecule has 0 amide bonds. The van der Waals surface area contributed by atoms with Crippen LogP contribution in [0.3, 0.4) is 0 Å². The van der Waals surface area contributed by atoms with Gasteiger partial charge in [-0.3, -0.25) is 4.79 Å². The minimum absolute atomic E-state index is 0.0925. The number of nitrogens with zero attached hydrogens (tertiary/aromatic N) is 1. The molecule has 18 heavy (non-hydrogen) atoms. The van der Waals surface area contributed by atoms with Crippen molar-refractivity contribution in [3.05, 3.63) is 0 Å². The number of rotatable bonds is 6. The second kappa shape index (κ2) is 5.57. The fourth-order valence-electron chi connectivity index (χ4n) is 2.55. The summed E-state index contributed by atoms with van der Waals surface area (Å²) in [6.45, 7) is 5.81. The van der Waals surface area contributed by atoms with Crippen LogP contribution in [-0.4, -0.2) is 56.0 Å². The van der Waals surface area contributed by atoms with Gasteiger partial charge in [0.25, 0.3) is 0 Å².